The molecule has 4 aromatic rings. The third-order valence-corrected chi connectivity index (χ3v) is 9.46. The minimum absolute atomic E-state index is 0.00148. The van der Waals surface area contributed by atoms with E-state index in [1.807, 2.05) is 0 Å². The van der Waals surface area contributed by atoms with Gasteiger partial charge in [-0.15, -0.1) is 0 Å². The van der Waals surface area contributed by atoms with Crippen LogP contribution in [-0.4, -0.2) is 62.8 Å². The number of hydrogen-bond acceptors (Lipinski definition) is 10. The molecule has 2 aliphatic rings. The standard InChI is InChI=1S/C38H36ClN3O10/c1-19-16-27-31(36(46)38(19)37(47)32-26(49-4)18-28(50-5)33(39)35(32)52-38)25(34(51-27)21-6-12-24(48-3)13-7-21)17-30(45)40-15-14-29(44)42-23-10-8-22(9-11-23)41-20(2)43/h6-13,18-19H,14-17H2,1-5H3,(H,40,45)(H,41,43)(H,42,44). The smallest absolute Gasteiger partial charge is 0.237 e. The first-order chi connectivity index (χ1) is 24.9. The van der Waals surface area contributed by atoms with Gasteiger partial charge in [0.2, 0.25) is 34.9 Å². The van der Waals surface area contributed by atoms with Gasteiger partial charge >= 0.3 is 0 Å². The molecule has 0 fully saturated rings. The molecule has 0 bridgehead atoms. The Kier molecular flexibility index (Phi) is 9.99. The van der Waals surface area contributed by atoms with Gasteiger partial charge in [-0.1, -0.05) is 18.5 Å². The second-order valence-electron chi connectivity index (χ2n) is 12.4. The monoisotopic (exact) mass is 729 g/mol. The average molecular weight is 730 g/mol. The van der Waals surface area contributed by atoms with Gasteiger partial charge in [0.15, 0.2) is 5.75 Å². The lowest BCUT2D eigenvalue weighted by molar-refractivity contribution is -0.120. The number of ether oxygens (including phenoxy) is 4. The van der Waals surface area contributed by atoms with Crippen LogP contribution in [0.5, 0.6) is 23.0 Å². The van der Waals surface area contributed by atoms with E-state index in [1.54, 1.807) is 55.5 Å². The highest BCUT2D eigenvalue weighted by Gasteiger charge is 2.63. The van der Waals surface area contributed by atoms with Crippen LogP contribution < -0.4 is 34.9 Å². The molecule has 270 valence electrons. The van der Waals surface area contributed by atoms with E-state index in [-0.39, 0.29) is 82.3 Å². The van der Waals surface area contributed by atoms with E-state index in [2.05, 4.69) is 16.0 Å². The minimum atomic E-state index is -2.01. The molecule has 6 rings (SSSR count). The predicted molar refractivity (Wildman–Crippen MR) is 191 cm³/mol. The number of carbonyl (C=O) groups excluding carboxylic acids is 5. The molecule has 13 nitrogen and oxygen atoms in total. The van der Waals surface area contributed by atoms with Gasteiger partial charge in [0, 0.05) is 60.8 Å². The number of fused-ring (bicyclic) bond motifs is 2. The van der Waals surface area contributed by atoms with Crippen LogP contribution in [0.3, 0.4) is 0 Å². The predicted octanol–water partition coefficient (Wildman–Crippen LogP) is 5.66. The number of ketones is 2. The summed E-state index contributed by atoms with van der Waals surface area (Å²) in [4.78, 5) is 66.4. The van der Waals surface area contributed by atoms with E-state index in [4.69, 9.17) is 35.0 Å². The van der Waals surface area contributed by atoms with Crippen molar-refractivity contribution in [2.75, 3.05) is 38.5 Å². The molecule has 1 aliphatic carbocycles. The molecule has 2 heterocycles. The molecule has 0 saturated carbocycles. The van der Waals surface area contributed by atoms with Crippen LogP contribution in [0.15, 0.2) is 59.0 Å². The summed E-state index contributed by atoms with van der Waals surface area (Å²) >= 11 is 6.60. The Bertz CT molecular complexity index is 2090. The first-order valence-electron chi connectivity index (χ1n) is 16.4. The Morgan fingerprint density at radius 1 is 0.865 bits per heavy atom. The number of anilines is 2. The molecular weight excluding hydrogens is 694 g/mol. The Hall–Kier alpha value is -5.82. The van der Waals surface area contributed by atoms with Gasteiger partial charge < -0.3 is 39.3 Å². The number of Topliss-reactive ketones (excluding diaryl/α,β-unsaturated/α-hetero) is 2. The minimum Gasteiger partial charge on any atom is -0.497 e. The molecule has 2 unspecified atom stereocenters. The number of amides is 3. The Balaban J connectivity index is 1.27. The maximum atomic E-state index is 14.7. The molecular formula is C38H36ClN3O10. The highest BCUT2D eigenvalue weighted by molar-refractivity contribution is 6.36. The van der Waals surface area contributed by atoms with Crippen molar-refractivity contribution in [1.29, 1.82) is 0 Å². The molecule has 0 radical (unpaired) electrons. The van der Waals surface area contributed by atoms with Crippen molar-refractivity contribution in [3.8, 4) is 34.3 Å². The molecule has 1 aromatic heterocycles. The number of nitrogens with one attached hydrogen (secondary N) is 3. The molecule has 3 aromatic carbocycles. The molecule has 14 heteroatoms. The van der Waals surface area contributed by atoms with Gasteiger partial charge in [-0.05, 0) is 48.5 Å². The fourth-order valence-corrected chi connectivity index (χ4v) is 6.84. The lowest BCUT2D eigenvalue weighted by atomic mass is 9.70. The fraction of sp³-hybridized carbons (Fsp3) is 0.289. The van der Waals surface area contributed by atoms with E-state index < -0.39 is 29.0 Å². The number of furan rings is 1. The number of rotatable bonds is 11. The molecule has 1 aliphatic heterocycles. The first-order valence-corrected chi connectivity index (χ1v) is 16.8. The van der Waals surface area contributed by atoms with Crippen molar-refractivity contribution in [1.82, 2.24) is 5.32 Å². The second kappa shape index (κ2) is 14.4. The van der Waals surface area contributed by atoms with Gasteiger partial charge in [-0.25, -0.2) is 0 Å². The summed E-state index contributed by atoms with van der Waals surface area (Å²) in [5.41, 5.74) is 0.0328. The second-order valence-corrected chi connectivity index (χ2v) is 12.8. The van der Waals surface area contributed by atoms with E-state index in [1.165, 1.54) is 34.3 Å². The van der Waals surface area contributed by atoms with Crippen molar-refractivity contribution in [3.05, 3.63) is 82.1 Å². The summed E-state index contributed by atoms with van der Waals surface area (Å²) in [7, 11) is 4.33. The van der Waals surface area contributed by atoms with Crippen LogP contribution in [0.1, 0.15) is 52.3 Å². The number of methoxy groups -OCH3 is 3. The van der Waals surface area contributed by atoms with Crippen molar-refractivity contribution in [2.45, 2.75) is 38.7 Å². The molecule has 52 heavy (non-hydrogen) atoms. The first kappa shape index (κ1) is 36.0. The lowest BCUT2D eigenvalue weighted by Crippen LogP contribution is -2.56. The zero-order valence-corrected chi connectivity index (χ0v) is 29.8. The normalized spacial score (nSPS) is 17.2. The fourth-order valence-electron chi connectivity index (χ4n) is 6.58. The maximum Gasteiger partial charge on any atom is 0.237 e. The molecule has 2 atom stereocenters. The summed E-state index contributed by atoms with van der Waals surface area (Å²) in [5, 5.41) is 8.17. The molecule has 3 N–H and O–H groups in total. The third-order valence-electron chi connectivity index (χ3n) is 9.10. The number of hydrogen-bond donors (Lipinski definition) is 3. The van der Waals surface area contributed by atoms with Crippen LogP contribution >= 0.6 is 11.6 Å². The third kappa shape index (κ3) is 6.43. The van der Waals surface area contributed by atoms with E-state index in [9.17, 15) is 24.0 Å². The zero-order valence-electron chi connectivity index (χ0n) is 29.1. The van der Waals surface area contributed by atoms with Gasteiger partial charge in [0.05, 0.1) is 33.3 Å². The van der Waals surface area contributed by atoms with Crippen LogP contribution in [0.4, 0.5) is 11.4 Å². The Labute approximate surface area is 303 Å². The highest BCUT2D eigenvalue weighted by atomic mass is 35.5. The Morgan fingerprint density at radius 3 is 2.12 bits per heavy atom. The van der Waals surface area contributed by atoms with E-state index >= 15 is 0 Å². The van der Waals surface area contributed by atoms with Gasteiger partial charge in [-0.3, -0.25) is 24.0 Å². The quantitative estimate of drug-likeness (QED) is 0.164. The van der Waals surface area contributed by atoms with E-state index in [0.29, 0.717) is 28.4 Å². The van der Waals surface area contributed by atoms with Crippen LogP contribution in [0, 0.1) is 5.92 Å². The largest absolute Gasteiger partial charge is 0.497 e. The summed E-state index contributed by atoms with van der Waals surface area (Å²) in [6.45, 7) is 3.11. The van der Waals surface area contributed by atoms with Crippen molar-refractivity contribution < 1.29 is 47.3 Å². The number of carbonyl (C=O) groups is 5. The summed E-state index contributed by atoms with van der Waals surface area (Å²) in [5.74, 6) is -1.53. The van der Waals surface area contributed by atoms with Crippen LogP contribution in [-0.2, 0) is 27.2 Å². The van der Waals surface area contributed by atoms with Crippen LogP contribution in [0.25, 0.3) is 11.3 Å². The van der Waals surface area contributed by atoms with Gasteiger partial charge in [-0.2, -0.15) is 0 Å². The van der Waals surface area contributed by atoms with Gasteiger partial charge in [0.1, 0.15) is 39.4 Å². The molecule has 3 amide bonds. The van der Waals surface area contributed by atoms with Crippen molar-refractivity contribution >= 4 is 52.3 Å². The summed E-state index contributed by atoms with van der Waals surface area (Å²) in [6.07, 6.45) is -0.212. The van der Waals surface area contributed by atoms with Gasteiger partial charge in [0.25, 0.3) is 0 Å². The average Bonchev–Trinajstić information content (AvgIpc) is 3.64. The molecule has 1 spiro atoms. The van der Waals surface area contributed by atoms with Crippen molar-refractivity contribution in [2.24, 2.45) is 5.92 Å². The number of benzene rings is 3. The molecule has 0 saturated heterocycles. The van der Waals surface area contributed by atoms with E-state index in [0.717, 1.165) is 0 Å². The number of halogens is 1. The summed E-state index contributed by atoms with van der Waals surface area (Å²) in [6, 6.07) is 15.0. The lowest BCUT2D eigenvalue weighted by Gasteiger charge is -2.35. The zero-order chi connectivity index (χ0) is 37.3. The van der Waals surface area contributed by atoms with Crippen molar-refractivity contribution in [3.63, 3.8) is 0 Å². The topological polar surface area (TPSA) is 171 Å². The van der Waals surface area contributed by atoms with Crippen LogP contribution in [0.2, 0.25) is 5.02 Å². The highest BCUT2D eigenvalue weighted by Crippen LogP contribution is 2.54. The Morgan fingerprint density at radius 2 is 1.50 bits per heavy atom. The maximum absolute atomic E-state index is 14.7. The SMILES string of the molecule is COc1ccc(-c2oc3c(c2CC(=O)NCCC(=O)Nc2ccc(NC(C)=O)cc2)C(=O)C2(Oc4c(Cl)c(OC)cc(OC)c4C2=O)C(C)C3)cc1. The summed E-state index contributed by atoms with van der Waals surface area (Å²) < 4.78 is 28.8.